The molecule has 5 heteroatoms. The number of Topliss-reactive ketones (excluding diaryl/α,β-unsaturated/α-hetero) is 1. The number of pyridine rings is 1. The van der Waals surface area contributed by atoms with Crippen LogP contribution in [0.3, 0.4) is 0 Å². The summed E-state index contributed by atoms with van der Waals surface area (Å²) in [5, 5.41) is 0. The molecule has 0 bridgehead atoms. The topological polar surface area (TPSA) is 65.2 Å². The maximum Gasteiger partial charge on any atom is 0.250 e. The minimum atomic E-state index is -0.601. The first-order valence-corrected chi connectivity index (χ1v) is 3.63. The highest BCUT2D eigenvalue weighted by Gasteiger charge is 2.09. The van der Waals surface area contributed by atoms with Crippen LogP contribution in [0.5, 0.6) is 5.88 Å². The van der Waals surface area contributed by atoms with E-state index in [1.807, 2.05) is 0 Å². The summed E-state index contributed by atoms with van der Waals surface area (Å²) >= 11 is 0. The first kappa shape index (κ1) is 9.60. The third-order valence-corrected chi connectivity index (χ3v) is 1.48. The van der Waals surface area contributed by atoms with Gasteiger partial charge in [0.2, 0.25) is 0 Å². The van der Waals surface area contributed by atoms with Gasteiger partial charge in [0.1, 0.15) is 5.69 Å². The summed E-state index contributed by atoms with van der Waals surface area (Å²) in [5.41, 5.74) is 5.22. The van der Waals surface area contributed by atoms with Crippen LogP contribution < -0.4 is 10.5 Å². The molecular weight excluding hydrogens is 175 g/mol. The molecular formula is C8H9FN2O2. The van der Waals surface area contributed by atoms with E-state index >= 15 is 0 Å². The van der Waals surface area contributed by atoms with Crippen LogP contribution >= 0.6 is 0 Å². The zero-order valence-corrected chi connectivity index (χ0v) is 7.08. The van der Waals surface area contributed by atoms with Crippen molar-refractivity contribution in [3.63, 3.8) is 0 Å². The number of ketones is 1. The number of nitrogens with two attached hydrogens (primary N) is 1. The van der Waals surface area contributed by atoms with Gasteiger partial charge in [-0.15, -0.1) is 0 Å². The van der Waals surface area contributed by atoms with Crippen LogP contribution in [0.15, 0.2) is 12.1 Å². The van der Waals surface area contributed by atoms with Crippen molar-refractivity contribution in [1.82, 2.24) is 4.98 Å². The van der Waals surface area contributed by atoms with E-state index in [0.717, 1.165) is 6.07 Å². The van der Waals surface area contributed by atoms with Gasteiger partial charge in [0.05, 0.1) is 13.7 Å². The van der Waals surface area contributed by atoms with E-state index in [9.17, 15) is 9.18 Å². The molecule has 0 saturated heterocycles. The van der Waals surface area contributed by atoms with E-state index in [2.05, 4.69) is 9.72 Å². The average molecular weight is 184 g/mol. The number of carbonyl (C=O) groups is 1. The Morgan fingerprint density at radius 3 is 2.92 bits per heavy atom. The standard InChI is InChI=1S/C8H9FN2O2/c1-13-8-5(9)2-3-6(11-8)7(12)4-10/h2-3H,4,10H2,1H3. The molecule has 1 aromatic heterocycles. The molecule has 0 aliphatic rings. The molecule has 2 N–H and O–H groups in total. The van der Waals surface area contributed by atoms with Gasteiger partial charge in [-0.2, -0.15) is 0 Å². The Morgan fingerprint density at radius 2 is 2.38 bits per heavy atom. The lowest BCUT2D eigenvalue weighted by molar-refractivity contribution is 0.0995. The SMILES string of the molecule is COc1nc(C(=O)CN)ccc1F. The first-order valence-electron chi connectivity index (χ1n) is 3.63. The van der Waals surface area contributed by atoms with Crippen LogP contribution in [0.2, 0.25) is 0 Å². The number of aromatic nitrogens is 1. The predicted octanol–water partition coefficient (Wildman–Crippen LogP) is 0.371. The van der Waals surface area contributed by atoms with Gasteiger partial charge in [-0.3, -0.25) is 4.79 Å². The smallest absolute Gasteiger partial charge is 0.250 e. The molecule has 0 atom stereocenters. The quantitative estimate of drug-likeness (QED) is 0.689. The summed E-state index contributed by atoms with van der Waals surface area (Å²) in [4.78, 5) is 14.7. The summed E-state index contributed by atoms with van der Waals surface area (Å²) in [6, 6.07) is 2.39. The third-order valence-electron chi connectivity index (χ3n) is 1.48. The van der Waals surface area contributed by atoms with E-state index < -0.39 is 5.82 Å². The Labute approximate surface area is 74.5 Å². The highest BCUT2D eigenvalue weighted by molar-refractivity contribution is 5.95. The Kier molecular flexibility index (Phi) is 2.92. The summed E-state index contributed by atoms with van der Waals surface area (Å²) in [5.74, 6) is -1.14. The Bertz CT molecular complexity index is 328. The molecule has 13 heavy (non-hydrogen) atoms. The Morgan fingerprint density at radius 1 is 1.69 bits per heavy atom. The fraction of sp³-hybridized carbons (Fsp3) is 0.250. The minimum Gasteiger partial charge on any atom is -0.479 e. The lowest BCUT2D eigenvalue weighted by Crippen LogP contribution is -2.15. The minimum absolute atomic E-state index is 0.112. The number of halogens is 1. The number of methoxy groups -OCH3 is 1. The second-order valence-electron chi connectivity index (χ2n) is 2.31. The molecule has 0 aliphatic heterocycles. The van der Waals surface area contributed by atoms with E-state index in [0.29, 0.717) is 0 Å². The second-order valence-corrected chi connectivity index (χ2v) is 2.31. The third kappa shape index (κ3) is 2.00. The van der Waals surface area contributed by atoms with Gasteiger partial charge < -0.3 is 10.5 Å². The molecule has 1 rings (SSSR count). The Balaban J connectivity index is 3.06. The van der Waals surface area contributed by atoms with Gasteiger partial charge in [0.25, 0.3) is 5.88 Å². The van der Waals surface area contributed by atoms with Crippen molar-refractivity contribution in [3.8, 4) is 5.88 Å². The van der Waals surface area contributed by atoms with Crippen LogP contribution in [-0.2, 0) is 0 Å². The van der Waals surface area contributed by atoms with E-state index in [1.165, 1.54) is 13.2 Å². The molecule has 0 spiro atoms. The van der Waals surface area contributed by atoms with Crippen molar-refractivity contribution in [2.45, 2.75) is 0 Å². The fourth-order valence-corrected chi connectivity index (χ4v) is 0.826. The lowest BCUT2D eigenvalue weighted by Gasteiger charge is -2.02. The van der Waals surface area contributed by atoms with Crippen molar-refractivity contribution in [1.29, 1.82) is 0 Å². The molecule has 0 fully saturated rings. The molecule has 1 aromatic rings. The van der Waals surface area contributed by atoms with Crippen LogP contribution in [0.25, 0.3) is 0 Å². The molecule has 0 saturated carbocycles. The van der Waals surface area contributed by atoms with Crippen LogP contribution in [0.1, 0.15) is 10.5 Å². The van der Waals surface area contributed by atoms with E-state index in [4.69, 9.17) is 5.73 Å². The fourth-order valence-electron chi connectivity index (χ4n) is 0.826. The lowest BCUT2D eigenvalue weighted by atomic mass is 10.2. The zero-order valence-electron chi connectivity index (χ0n) is 7.08. The molecule has 0 aliphatic carbocycles. The number of hydrogen-bond acceptors (Lipinski definition) is 4. The van der Waals surface area contributed by atoms with Gasteiger partial charge in [0, 0.05) is 0 Å². The molecule has 0 amide bonds. The van der Waals surface area contributed by atoms with Crippen molar-refractivity contribution in [2.75, 3.05) is 13.7 Å². The molecule has 4 nitrogen and oxygen atoms in total. The van der Waals surface area contributed by atoms with Gasteiger partial charge in [-0.05, 0) is 12.1 Å². The van der Waals surface area contributed by atoms with Crippen molar-refractivity contribution in [3.05, 3.63) is 23.6 Å². The Hall–Kier alpha value is -1.49. The molecule has 1 heterocycles. The molecule has 70 valence electrons. The molecule has 0 aromatic carbocycles. The monoisotopic (exact) mass is 184 g/mol. The number of rotatable bonds is 3. The molecule has 0 radical (unpaired) electrons. The first-order chi connectivity index (χ1) is 6.19. The number of hydrogen-bond donors (Lipinski definition) is 1. The largest absolute Gasteiger partial charge is 0.479 e. The summed E-state index contributed by atoms with van der Waals surface area (Å²) in [6.45, 7) is -0.151. The normalized spacial score (nSPS) is 9.77. The summed E-state index contributed by atoms with van der Waals surface area (Å²) in [6.07, 6.45) is 0. The highest BCUT2D eigenvalue weighted by atomic mass is 19.1. The maximum absolute atomic E-state index is 12.8. The summed E-state index contributed by atoms with van der Waals surface area (Å²) in [7, 11) is 1.28. The van der Waals surface area contributed by atoms with Crippen LogP contribution in [-0.4, -0.2) is 24.4 Å². The molecule has 0 unspecified atom stereocenters. The maximum atomic E-state index is 12.8. The van der Waals surface area contributed by atoms with Gasteiger partial charge in [0.15, 0.2) is 11.6 Å². The highest BCUT2D eigenvalue weighted by Crippen LogP contribution is 2.13. The summed E-state index contributed by atoms with van der Waals surface area (Å²) < 4.78 is 17.4. The van der Waals surface area contributed by atoms with E-state index in [1.54, 1.807) is 0 Å². The van der Waals surface area contributed by atoms with E-state index in [-0.39, 0.29) is 23.9 Å². The zero-order chi connectivity index (χ0) is 9.84. The van der Waals surface area contributed by atoms with Gasteiger partial charge >= 0.3 is 0 Å². The van der Waals surface area contributed by atoms with Crippen LogP contribution in [0, 0.1) is 5.82 Å². The average Bonchev–Trinajstić information content (AvgIpc) is 2.17. The van der Waals surface area contributed by atoms with Crippen molar-refractivity contribution >= 4 is 5.78 Å². The van der Waals surface area contributed by atoms with Crippen molar-refractivity contribution < 1.29 is 13.9 Å². The number of ether oxygens (including phenoxy) is 1. The van der Waals surface area contributed by atoms with Crippen molar-refractivity contribution in [2.24, 2.45) is 5.73 Å². The van der Waals surface area contributed by atoms with Crippen LogP contribution in [0.4, 0.5) is 4.39 Å². The number of nitrogens with zero attached hydrogens (tertiary/aromatic N) is 1. The number of carbonyl (C=O) groups excluding carboxylic acids is 1. The second kappa shape index (κ2) is 3.95. The predicted molar refractivity (Wildman–Crippen MR) is 44.1 cm³/mol. The van der Waals surface area contributed by atoms with Gasteiger partial charge in [-0.25, -0.2) is 9.37 Å². The van der Waals surface area contributed by atoms with Gasteiger partial charge in [-0.1, -0.05) is 0 Å².